The van der Waals surface area contributed by atoms with Crippen LogP contribution in [0.3, 0.4) is 0 Å². The first kappa shape index (κ1) is 26.6. The van der Waals surface area contributed by atoms with E-state index in [0.29, 0.717) is 54.6 Å². The molecule has 1 amide bonds. The van der Waals surface area contributed by atoms with E-state index < -0.39 is 23.9 Å². The summed E-state index contributed by atoms with van der Waals surface area (Å²) in [5, 5.41) is 3.31. The Balaban J connectivity index is 1.45. The highest BCUT2D eigenvalue weighted by atomic mass is 19.4. The predicted octanol–water partition coefficient (Wildman–Crippen LogP) is 5.86. The van der Waals surface area contributed by atoms with Crippen molar-refractivity contribution in [1.82, 2.24) is 4.98 Å². The Bertz CT molecular complexity index is 1300. The number of carbonyl (C=O) groups excluding carboxylic acids is 1. The topological polar surface area (TPSA) is 93.0 Å². The number of amides is 1. The summed E-state index contributed by atoms with van der Waals surface area (Å²) in [5.74, 6) is 0.829. The van der Waals surface area contributed by atoms with Gasteiger partial charge in [-0.15, -0.1) is 0 Å². The van der Waals surface area contributed by atoms with Crippen LogP contribution in [0.4, 0.5) is 40.8 Å². The molecule has 2 aliphatic rings. The smallest absolute Gasteiger partial charge is 0.410 e. The molecule has 0 bridgehead atoms. The van der Waals surface area contributed by atoms with Gasteiger partial charge in [0.05, 0.1) is 42.4 Å². The number of nitrogen functional groups attached to an aromatic ring is 1. The molecule has 1 fully saturated rings. The molecule has 0 saturated carbocycles. The summed E-state index contributed by atoms with van der Waals surface area (Å²) in [6, 6.07) is 12.7. The molecule has 206 valence electrons. The number of benzene rings is 2. The fraction of sp³-hybridized carbons (Fsp3) is 0.357. The lowest BCUT2D eigenvalue weighted by Gasteiger charge is -2.40. The van der Waals surface area contributed by atoms with Gasteiger partial charge >= 0.3 is 12.3 Å². The first-order valence-electron chi connectivity index (χ1n) is 12.9. The molecule has 11 heteroatoms. The molecule has 2 aromatic carbocycles. The molecule has 0 spiro atoms. The maximum Gasteiger partial charge on any atom is 0.420 e. The van der Waals surface area contributed by atoms with Gasteiger partial charge in [0.25, 0.3) is 0 Å². The average Bonchev–Trinajstić information content (AvgIpc) is 2.94. The lowest BCUT2D eigenvalue weighted by molar-refractivity contribution is -0.137. The highest BCUT2D eigenvalue weighted by Gasteiger charge is 2.39. The molecule has 2 atom stereocenters. The molecule has 1 saturated heterocycles. The minimum atomic E-state index is -4.53. The molecular formula is C28H30F3N5O3. The van der Waals surface area contributed by atoms with Crippen LogP contribution in [0.25, 0.3) is 0 Å². The first-order valence-corrected chi connectivity index (χ1v) is 12.9. The summed E-state index contributed by atoms with van der Waals surface area (Å²) >= 11 is 0. The van der Waals surface area contributed by atoms with Crippen molar-refractivity contribution in [3.05, 3.63) is 71.9 Å². The van der Waals surface area contributed by atoms with Crippen LogP contribution in [0.15, 0.2) is 60.8 Å². The molecule has 3 N–H and O–H groups in total. The van der Waals surface area contributed by atoms with Gasteiger partial charge in [-0.3, -0.25) is 4.90 Å². The van der Waals surface area contributed by atoms with Crippen LogP contribution in [0.5, 0.6) is 5.75 Å². The second kappa shape index (κ2) is 11.0. The molecule has 3 aromatic rings. The van der Waals surface area contributed by atoms with Crippen molar-refractivity contribution < 1.29 is 27.4 Å². The Labute approximate surface area is 224 Å². The molecule has 0 unspecified atom stereocenters. The second-order valence-corrected chi connectivity index (χ2v) is 9.57. The van der Waals surface area contributed by atoms with Crippen molar-refractivity contribution in [3.8, 4) is 5.75 Å². The summed E-state index contributed by atoms with van der Waals surface area (Å²) in [6.45, 7) is 4.76. The van der Waals surface area contributed by atoms with Crippen LogP contribution in [0, 0.1) is 0 Å². The van der Waals surface area contributed by atoms with Crippen molar-refractivity contribution in [3.63, 3.8) is 0 Å². The van der Waals surface area contributed by atoms with Gasteiger partial charge < -0.3 is 25.4 Å². The minimum absolute atomic E-state index is 0.294. The lowest BCUT2D eigenvalue weighted by atomic mass is 9.88. The van der Waals surface area contributed by atoms with Crippen molar-refractivity contribution in [2.75, 3.05) is 47.2 Å². The van der Waals surface area contributed by atoms with Gasteiger partial charge in [-0.25, -0.2) is 9.78 Å². The molecule has 8 nitrogen and oxygen atoms in total. The molecular weight excluding hydrogens is 511 g/mol. The Kier molecular flexibility index (Phi) is 7.51. The molecule has 1 aromatic heterocycles. The number of halogens is 3. The summed E-state index contributed by atoms with van der Waals surface area (Å²) in [5.41, 5.74) is 7.12. The number of nitrogens with two attached hydrogens (primary N) is 1. The SMILES string of the molecule is CC[C@@H]1C[C@H](Nc2ccc(N3CCOCC3)cn2)c2cc(C(F)(F)F)ccc2N1C(=O)Oc1ccc(N)cc1. The van der Waals surface area contributed by atoms with E-state index >= 15 is 0 Å². The van der Waals surface area contributed by atoms with Gasteiger partial charge in [0.15, 0.2) is 0 Å². The number of anilines is 4. The monoisotopic (exact) mass is 541 g/mol. The zero-order chi connectivity index (χ0) is 27.6. The van der Waals surface area contributed by atoms with Crippen LogP contribution < -0.4 is 25.6 Å². The normalized spacial score (nSPS) is 19.4. The summed E-state index contributed by atoms with van der Waals surface area (Å²) in [4.78, 5) is 21.5. The number of morpholine rings is 1. The Morgan fingerprint density at radius 1 is 1.13 bits per heavy atom. The number of fused-ring (bicyclic) bond motifs is 1. The van der Waals surface area contributed by atoms with Crippen LogP contribution >= 0.6 is 0 Å². The number of carbonyl (C=O) groups is 1. The zero-order valence-electron chi connectivity index (χ0n) is 21.4. The Morgan fingerprint density at radius 3 is 2.51 bits per heavy atom. The average molecular weight is 542 g/mol. The van der Waals surface area contributed by atoms with Crippen LogP contribution in [-0.2, 0) is 10.9 Å². The van der Waals surface area contributed by atoms with Gasteiger partial charge in [0, 0.05) is 24.8 Å². The standard InChI is InChI=1S/C28H30F3N5O3/c1-2-20-16-24(34-26-10-6-21(17-33-26)35-11-13-38-14-12-35)23-15-18(28(29,30)31)3-9-25(23)36(20)27(37)39-22-7-4-19(32)5-8-22/h3-10,15,17,20,24H,2,11-14,16,32H2,1H3,(H,33,34)/t20-,24+/m1/s1. The van der Waals surface area contributed by atoms with Crippen molar-refractivity contribution in [1.29, 1.82) is 0 Å². The van der Waals surface area contributed by atoms with Gasteiger partial charge in [-0.1, -0.05) is 6.92 Å². The molecule has 5 rings (SSSR count). The first-order chi connectivity index (χ1) is 18.7. The second-order valence-electron chi connectivity index (χ2n) is 9.57. The van der Waals surface area contributed by atoms with E-state index in [1.807, 2.05) is 19.1 Å². The van der Waals surface area contributed by atoms with Crippen LogP contribution in [0.1, 0.15) is 36.9 Å². The minimum Gasteiger partial charge on any atom is -0.410 e. The number of pyridine rings is 1. The van der Waals surface area contributed by atoms with Crippen LogP contribution in [-0.4, -0.2) is 43.4 Å². The van der Waals surface area contributed by atoms with E-state index in [9.17, 15) is 18.0 Å². The number of ether oxygens (including phenoxy) is 2. The van der Waals surface area contributed by atoms with Crippen molar-refractivity contribution in [2.45, 2.75) is 38.0 Å². The van der Waals surface area contributed by atoms with E-state index in [0.717, 1.165) is 30.9 Å². The van der Waals surface area contributed by atoms with Crippen molar-refractivity contribution >= 4 is 29.0 Å². The van der Waals surface area contributed by atoms with Crippen LogP contribution in [0.2, 0.25) is 0 Å². The number of nitrogens with one attached hydrogen (secondary N) is 1. The van der Waals surface area contributed by atoms with E-state index in [1.165, 1.54) is 11.0 Å². The van der Waals surface area contributed by atoms with E-state index in [1.54, 1.807) is 30.5 Å². The van der Waals surface area contributed by atoms with Crippen molar-refractivity contribution in [2.24, 2.45) is 0 Å². The molecule has 0 radical (unpaired) electrons. The van der Waals surface area contributed by atoms with E-state index in [2.05, 4.69) is 15.2 Å². The van der Waals surface area contributed by atoms with E-state index in [-0.39, 0.29) is 6.04 Å². The molecule has 2 aliphatic heterocycles. The third-order valence-corrected chi connectivity index (χ3v) is 7.06. The maximum atomic E-state index is 13.7. The summed E-state index contributed by atoms with van der Waals surface area (Å²) < 4.78 is 52.1. The Morgan fingerprint density at radius 2 is 1.87 bits per heavy atom. The zero-order valence-corrected chi connectivity index (χ0v) is 21.4. The van der Waals surface area contributed by atoms with Gasteiger partial charge in [0.2, 0.25) is 0 Å². The quantitative estimate of drug-likeness (QED) is 0.391. The van der Waals surface area contributed by atoms with Gasteiger partial charge in [0.1, 0.15) is 11.6 Å². The summed E-state index contributed by atoms with van der Waals surface area (Å²) in [6.07, 6.45) is -2.52. The Hall–Kier alpha value is -3.99. The lowest BCUT2D eigenvalue weighted by Crippen LogP contribution is -2.47. The highest BCUT2D eigenvalue weighted by Crippen LogP contribution is 2.43. The number of alkyl halides is 3. The largest absolute Gasteiger partial charge is 0.420 e. The fourth-order valence-corrected chi connectivity index (χ4v) is 5.01. The maximum absolute atomic E-state index is 13.7. The predicted molar refractivity (Wildman–Crippen MR) is 143 cm³/mol. The summed E-state index contributed by atoms with van der Waals surface area (Å²) in [7, 11) is 0. The van der Waals surface area contributed by atoms with Gasteiger partial charge in [-0.2, -0.15) is 13.2 Å². The fourth-order valence-electron chi connectivity index (χ4n) is 5.01. The number of aromatic nitrogens is 1. The molecule has 39 heavy (non-hydrogen) atoms. The number of hydrogen-bond acceptors (Lipinski definition) is 7. The molecule has 3 heterocycles. The highest BCUT2D eigenvalue weighted by molar-refractivity contribution is 5.92. The third-order valence-electron chi connectivity index (χ3n) is 7.06. The third kappa shape index (κ3) is 5.88. The number of rotatable bonds is 5. The number of nitrogens with zero attached hydrogens (tertiary/aromatic N) is 3. The van der Waals surface area contributed by atoms with E-state index in [4.69, 9.17) is 15.2 Å². The van der Waals surface area contributed by atoms with Gasteiger partial charge in [-0.05, 0) is 73.0 Å². The number of hydrogen-bond donors (Lipinski definition) is 2. The molecule has 0 aliphatic carbocycles.